The highest BCUT2D eigenvalue weighted by Gasteiger charge is 2.37. The maximum Gasteiger partial charge on any atom is 0.275 e. The van der Waals surface area contributed by atoms with E-state index in [0.29, 0.717) is 12.1 Å². The van der Waals surface area contributed by atoms with E-state index in [2.05, 4.69) is 10.4 Å². The fourth-order valence-corrected chi connectivity index (χ4v) is 3.39. The lowest BCUT2D eigenvalue weighted by atomic mass is 10.0. The van der Waals surface area contributed by atoms with E-state index in [9.17, 15) is 19.1 Å². The summed E-state index contributed by atoms with van der Waals surface area (Å²) in [4.78, 5) is 26.7. The summed E-state index contributed by atoms with van der Waals surface area (Å²) < 4.78 is 14.4. The van der Waals surface area contributed by atoms with Crippen molar-refractivity contribution in [2.24, 2.45) is 0 Å². The van der Waals surface area contributed by atoms with E-state index in [-0.39, 0.29) is 29.8 Å². The van der Waals surface area contributed by atoms with E-state index >= 15 is 0 Å². The average molecular weight is 394 g/mol. The molecular formula is C21H19FN4O3. The molecule has 1 aliphatic heterocycles. The minimum absolute atomic E-state index is 0.0143. The summed E-state index contributed by atoms with van der Waals surface area (Å²) in [6.07, 6.45) is 0. The Labute approximate surface area is 166 Å². The number of nitrogens with zero attached hydrogens (tertiary/aromatic N) is 3. The molecule has 0 fully saturated rings. The number of aromatic hydroxyl groups is 1. The van der Waals surface area contributed by atoms with Gasteiger partial charge in [-0.25, -0.2) is 9.07 Å². The maximum atomic E-state index is 13.0. The van der Waals surface area contributed by atoms with Crippen LogP contribution in [0.25, 0.3) is 0 Å². The van der Waals surface area contributed by atoms with Gasteiger partial charge in [0, 0.05) is 20.1 Å². The summed E-state index contributed by atoms with van der Waals surface area (Å²) >= 11 is 0. The molecular weight excluding hydrogens is 375 g/mol. The number of aromatic nitrogens is 2. The normalized spacial score (nSPS) is 15.9. The van der Waals surface area contributed by atoms with Gasteiger partial charge in [0.25, 0.3) is 11.8 Å². The van der Waals surface area contributed by atoms with Crippen LogP contribution in [-0.4, -0.2) is 45.2 Å². The summed E-state index contributed by atoms with van der Waals surface area (Å²) in [5, 5.41) is 17.5. The molecule has 0 radical (unpaired) electrons. The molecule has 2 N–H and O–H groups in total. The number of benzene rings is 2. The molecule has 7 nitrogen and oxygen atoms in total. The standard InChI is InChI=1S/C21H19FN4O3/c1-25-12-16(14-5-3-2-4-6-14)26-18(21(25)29)19(27)17(24-26)20(28)23-11-13-7-9-15(22)10-8-13/h2-10,16,27H,11-12H2,1H3,(H,23,28)/t16-/m0/s1. The fraction of sp³-hybridized carbons (Fsp3) is 0.190. The zero-order valence-corrected chi connectivity index (χ0v) is 15.7. The lowest BCUT2D eigenvalue weighted by molar-refractivity contribution is 0.0719. The van der Waals surface area contributed by atoms with Gasteiger partial charge in [-0.3, -0.25) is 9.59 Å². The third-order valence-electron chi connectivity index (χ3n) is 4.94. The highest BCUT2D eigenvalue weighted by molar-refractivity contribution is 6.02. The molecule has 1 aliphatic rings. The number of hydrogen-bond donors (Lipinski definition) is 2. The average Bonchev–Trinajstić information content (AvgIpc) is 3.08. The SMILES string of the molecule is CN1C[C@@H](c2ccccc2)n2nc(C(=O)NCc3ccc(F)cc3)c(O)c2C1=O. The topological polar surface area (TPSA) is 87.5 Å². The van der Waals surface area contributed by atoms with Crippen LogP contribution in [0.4, 0.5) is 4.39 Å². The number of carbonyl (C=O) groups is 2. The van der Waals surface area contributed by atoms with E-state index in [1.807, 2.05) is 30.3 Å². The van der Waals surface area contributed by atoms with E-state index in [4.69, 9.17) is 0 Å². The van der Waals surface area contributed by atoms with Crippen LogP contribution in [-0.2, 0) is 6.54 Å². The molecule has 2 amide bonds. The molecule has 1 aromatic heterocycles. The van der Waals surface area contributed by atoms with Crippen molar-refractivity contribution in [3.63, 3.8) is 0 Å². The molecule has 8 heteroatoms. The molecule has 3 aromatic rings. The zero-order valence-electron chi connectivity index (χ0n) is 15.7. The first-order valence-corrected chi connectivity index (χ1v) is 9.10. The van der Waals surface area contributed by atoms with Gasteiger partial charge in [-0.2, -0.15) is 5.10 Å². The quantitative estimate of drug-likeness (QED) is 0.711. The molecule has 4 rings (SSSR count). The number of carbonyl (C=O) groups excluding carboxylic acids is 2. The van der Waals surface area contributed by atoms with Gasteiger partial charge < -0.3 is 15.3 Å². The highest BCUT2D eigenvalue weighted by Crippen LogP contribution is 2.33. The lowest BCUT2D eigenvalue weighted by Gasteiger charge is -2.31. The molecule has 0 spiro atoms. The van der Waals surface area contributed by atoms with Crippen molar-refractivity contribution in [1.82, 2.24) is 20.0 Å². The van der Waals surface area contributed by atoms with Crippen molar-refractivity contribution in [1.29, 1.82) is 0 Å². The fourth-order valence-electron chi connectivity index (χ4n) is 3.39. The Balaban J connectivity index is 1.64. The second-order valence-corrected chi connectivity index (χ2v) is 6.91. The summed E-state index contributed by atoms with van der Waals surface area (Å²) in [6, 6.07) is 14.8. The molecule has 148 valence electrons. The number of rotatable bonds is 4. The van der Waals surface area contributed by atoms with Gasteiger partial charge in [-0.05, 0) is 23.3 Å². The monoisotopic (exact) mass is 394 g/mol. The van der Waals surface area contributed by atoms with Crippen LogP contribution in [0.1, 0.15) is 38.1 Å². The van der Waals surface area contributed by atoms with Crippen molar-refractivity contribution in [3.8, 4) is 5.75 Å². The predicted molar refractivity (Wildman–Crippen MR) is 103 cm³/mol. The Bertz CT molecular complexity index is 1060. The largest absolute Gasteiger partial charge is 0.504 e. The molecule has 0 saturated carbocycles. The Hall–Kier alpha value is -3.68. The Morgan fingerprint density at radius 3 is 2.59 bits per heavy atom. The van der Waals surface area contributed by atoms with E-state index in [0.717, 1.165) is 5.56 Å². The predicted octanol–water partition coefficient (Wildman–Crippen LogP) is 2.33. The molecule has 2 heterocycles. The Morgan fingerprint density at radius 1 is 1.21 bits per heavy atom. The summed E-state index contributed by atoms with van der Waals surface area (Å²) in [5.41, 5.74) is 1.38. The summed E-state index contributed by atoms with van der Waals surface area (Å²) in [5.74, 6) is -1.83. The van der Waals surface area contributed by atoms with Crippen molar-refractivity contribution in [2.45, 2.75) is 12.6 Å². The third-order valence-corrected chi connectivity index (χ3v) is 4.94. The summed E-state index contributed by atoms with van der Waals surface area (Å²) in [6.45, 7) is 0.504. The first kappa shape index (κ1) is 18.7. The number of fused-ring (bicyclic) bond motifs is 1. The number of hydrogen-bond acceptors (Lipinski definition) is 4. The number of halogens is 1. The third kappa shape index (κ3) is 3.44. The van der Waals surface area contributed by atoms with Crippen LogP contribution in [0, 0.1) is 5.82 Å². The van der Waals surface area contributed by atoms with Crippen molar-refractivity contribution >= 4 is 11.8 Å². The van der Waals surface area contributed by atoms with Crippen molar-refractivity contribution in [2.75, 3.05) is 13.6 Å². The van der Waals surface area contributed by atoms with Crippen LogP contribution < -0.4 is 5.32 Å². The number of nitrogens with one attached hydrogen (secondary N) is 1. The molecule has 0 unspecified atom stereocenters. The van der Waals surface area contributed by atoms with E-state index in [1.54, 1.807) is 19.2 Å². The van der Waals surface area contributed by atoms with Crippen molar-refractivity contribution in [3.05, 3.63) is 82.9 Å². The molecule has 29 heavy (non-hydrogen) atoms. The van der Waals surface area contributed by atoms with Crippen LogP contribution in [0.15, 0.2) is 54.6 Å². The first-order chi connectivity index (χ1) is 14.0. The molecule has 2 aromatic carbocycles. The Morgan fingerprint density at radius 2 is 1.90 bits per heavy atom. The Kier molecular flexibility index (Phi) is 4.75. The van der Waals surface area contributed by atoms with Gasteiger partial charge in [0.1, 0.15) is 5.82 Å². The number of amides is 2. The second kappa shape index (κ2) is 7.38. The minimum Gasteiger partial charge on any atom is -0.504 e. The number of likely N-dealkylation sites (N-methyl/N-ethyl adjacent to an activating group) is 1. The maximum absolute atomic E-state index is 13.0. The van der Waals surface area contributed by atoms with Gasteiger partial charge >= 0.3 is 0 Å². The molecule has 0 saturated heterocycles. The van der Waals surface area contributed by atoms with Crippen molar-refractivity contribution < 1.29 is 19.1 Å². The minimum atomic E-state index is -0.615. The molecule has 0 aliphatic carbocycles. The summed E-state index contributed by atoms with van der Waals surface area (Å²) in [7, 11) is 1.64. The van der Waals surface area contributed by atoms with Gasteiger partial charge in [0.05, 0.1) is 6.04 Å². The van der Waals surface area contributed by atoms with Gasteiger partial charge in [-0.1, -0.05) is 42.5 Å². The smallest absolute Gasteiger partial charge is 0.275 e. The van der Waals surface area contributed by atoms with Gasteiger partial charge in [0.15, 0.2) is 17.1 Å². The zero-order chi connectivity index (χ0) is 20.5. The van der Waals surface area contributed by atoms with Crippen LogP contribution >= 0.6 is 0 Å². The van der Waals surface area contributed by atoms with Gasteiger partial charge in [-0.15, -0.1) is 0 Å². The molecule has 1 atom stereocenters. The van der Waals surface area contributed by atoms with Crippen LogP contribution in [0.3, 0.4) is 0 Å². The van der Waals surface area contributed by atoms with E-state index in [1.165, 1.54) is 21.7 Å². The van der Waals surface area contributed by atoms with Crippen LogP contribution in [0.5, 0.6) is 5.75 Å². The second-order valence-electron chi connectivity index (χ2n) is 6.91. The lowest BCUT2D eigenvalue weighted by Crippen LogP contribution is -2.41. The van der Waals surface area contributed by atoms with Gasteiger partial charge in [0.2, 0.25) is 0 Å². The van der Waals surface area contributed by atoms with E-state index < -0.39 is 17.6 Å². The van der Waals surface area contributed by atoms with Crippen LogP contribution in [0.2, 0.25) is 0 Å². The molecule has 0 bridgehead atoms. The first-order valence-electron chi connectivity index (χ1n) is 9.10. The highest BCUT2D eigenvalue weighted by atomic mass is 19.1.